The molecule has 3 heterocycles. The van der Waals surface area contributed by atoms with Gasteiger partial charge in [-0.3, -0.25) is 4.79 Å². The molecule has 3 N–H and O–H groups in total. The number of rotatable bonds is 11. The summed E-state index contributed by atoms with van der Waals surface area (Å²) in [5.74, 6) is -0.731. The van der Waals surface area contributed by atoms with Gasteiger partial charge in [-0.25, -0.2) is 4.79 Å². The molecule has 3 fully saturated rings. The number of nitrogens with one attached hydrogen (secondary N) is 2. The lowest BCUT2D eigenvalue weighted by Gasteiger charge is -2.46. The number of urea groups is 1. The van der Waals surface area contributed by atoms with Crippen LogP contribution in [0.5, 0.6) is 0 Å². The van der Waals surface area contributed by atoms with Crippen molar-refractivity contribution in [3.63, 3.8) is 0 Å². The van der Waals surface area contributed by atoms with E-state index in [1.807, 2.05) is 91.0 Å². The van der Waals surface area contributed by atoms with Crippen LogP contribution in [0, 0.1) is 0 Å². The molecule has 4 aromatic rings. The van der Waals surface area contributed by atoms with Gasteiger partial charge in [-0.1, -0.05) is 97.1 Å². The topological polar surface area (TPSA) is 119 Å². The average Bonchev–Trinajstić information content (AvgIpc) is 3.64. The number of carbonyl (C=O) groups excluding carboxylic acids is 2. The third-order valence-corrected chi connectivity index (χ3v) is 10.3. The SMILES string of the molecule is CC(=O)C(Cc1ccccc1)NC(=O)Nc1cccc(C2OC(CN3CCC4(CC3)OCCO4)C(c3ccccc3)C(c3ccc(CO)cc3)O2)c1. The molecule has 1 spiro atoms. The highest BCUT2D eigenvalue weighted by Gasteiger charge is 2.45. The number of amides is 2. The zero-order valence-corrected chi connectivity index (χ0v) is 29.5. The minimum absolute atomic E-state index is 0.0427. The van der Waals surface area contributed by atoms with Crippen LogP contribution in [-0.4, -0.2) is 72.6 Å². The van der Waals surface area contributed by atoms with Gasteiger partial charge in [-0.15, -0.1) is 0 Å². The number of aliphatic hydroxyl groups excluding tert-OH is 1. The number of Topliss-reactive ketones (excluding diaryl/α,β-unsaturated/α-hetero) is 1. The molecule has 0 aromatic heterocycles. The second-order valence-electron chi connectivity index (χ2n) is 13.9. The van der Waals surface area contributed by atoms with Crippen LogP contribution >= 0.6 is 0 Å². The quantitative estimate of drug-likeness (QED) is 0.167. The minimum Gasteiger partial charge on any atom is -0.392 e. The first-order chi connectivity index (χ1) is 25.4. The van der Waals surface area contributed by atoms with Crippen molar-refractivity contribution < 1.29 is 33.6 Å². The number of hydrogen-bond donors (Lipinski definition) is 3. The van der Waals surface area contributed by atoms with Crippen molar-refractivity contribution in [2.24, 2.45) is 0 Å². The number of likely N-dealkylation sites (tertiary alicyclic amines) is 1. The van der Waals surface area contributed by atoms with Crippen LogP contribution in [0.4, 0.5) is 10.5 Å². The normalized spacial score (nSPS) is 23.6. The number of aliphatic hydroxyl groups is 1. The van der Waals surface area contributed by atoms with E-state index in [0.29, 0.717) is 31.9 Å². The smallest absolute Gasteiger partial charge is 0.319 e. The van der Waals surface area contributed by atoms with Crippen molar-refractivity contribution in [3.05, 3.63) is 137 Å². The van der Waals surface area contributed by atoms with Gasteiger partial charge in [0.1, 0.15) is 0 Å². The van der Waals surface area contributed by atoms with E-state index in [9.17, 15) is 14.7 Å². The van der Waals surface area contributed by atoms with Crippen molar-refractivity contribution in [2.75, 3.05) is 38.2 Å². The molecule has 52 heavy (non-hydrogen) atoms. The van der Waals surface area contributed by atoms with Gasteiger partial charge in [-0.2, -0.15) is 0 Å². The Hall–Kier alpha value is -4.42. The van der Waals surface area contributed by atoms with Gasteiger partial charge in [0, 0.05) is 49.6 Å². The van der Waals surface area contributed by atoms with Gasteiger partial charge in [0.2, 0.25) is 0 Å². The lowest BCUT2D eigenvalue weighted by Crippen LogP contribution is -2.50. The minimum atomic E-state index is -0.738. The molecule has 0 radical (unpaired) electrons. The standard InChI is InChI=1S/C42H47N3O7/c1-29(47)36(25-30-9-4-2-5-10-30)44-41(48)43-35-14-8-13-34(26-35)40-51-37(27-45-21-19-42(20-22-45)49-23-24-50-42)38(32-11-6-3-7-12-32)39(52-40)33-17-15-31(28-46)16-18-33/h2-18,26,36-40,46H,19-25,27-28H2,1H3,(H2,43,44,48). The van der Waals surface area contributed by atoms with Crippen molar-refractivity contribution >= 4 is 17.5 Å². The fourth-order valence-electron chi connectivity index (χ4n) is 7.52. The Balaban J connectivity index is 1.14. The maximum atomic E-state index is 13.2. The summed E-state index contributed by atoms with van der Waals surface area (Å²) in [7, 11) is 0. The fourth-order valence-corrected chi connectivity index (χ4v) is 7.52. The lowest BCUT2D eigenvalue weighted by atomic mass is 9.83. The first-order valence-corrected chi connectivity index (χ1v) is 18.2. The lowest BCUT2D eigenvalue weighted by molar-refractivity contribution is -0.265. The van der Waals surface area contributed by atoms with Crippen LogP contribution in [0.2, 0.25) is 0 Å². The summed E-state index contributed by atoms with van der Waals surface area (Å²) in [5.41, 5.74) is 5.19. The summed E-state index contributed by atoms with van der Waals surface area (Å²) in [6.45, 7) is 5.03. The molecular weight excluding hydrogens is 658 g/mol. The van der Waals surface area contributed by atoms with Gasteiger partial charge < -0.3 is 39.6 Å². The van der Waals surface area contributed by atoms with Crippen LogP contribution in [-0.2, 0) is 36.8 Å². The van der Waals surface area contributed by atoms with Crippen LogP contribution in [0.25, 0.3) is 0 Å². The van der Waals surface area contributed by atoms with E-state index < -0.39 is 24.2 Å². The van der Waals surface area contributed by atoms with Gasteiger partial charge in [0.15, 0.2) is 17.9 Å². The van der Waals surface area contributed by atoms with E-state index in [1.54, 1.807) is 6.07 Å². The van der Waals surface area contributed by atoms with E-state index >= 15 is 0 Å². The molecule has 5 atom stereocenters. The van der Waals surface area contributed by atoms with E-state index in [2.05, 4.69) is 27.7 Å². The summed E-state index contributed by atoms with van der Waals surface area (Å²) >= 11 is 0. The van der Waals surface area contributed by atoms with E-state index in [1.165, 1.54) is 6.92 Å². The Bertz CT molecular complexity index is 1770. The van der Waals surface area contributed by atoms with Crippen LogP contribution in [0.1, 0.15) is 65.9 Å². The van der Waals surface area contributed by atoms with Crippen LogP contribution in [0.3, 0.4) is 0 Å². The monoisotopic (exact) mass is 705 g/mol. The highest BCUT2D eigenvalue weighted by atomic mass is 16.7. The van der Waals surface area contributed by atoms with Crippen molar-refractivity contribution in [2.45, 2.75) is 69.0 Å². The highest BCUT2D eigenvalue weighted by Crippen LogP contribution is 2.47. The summed E-state index contributed by atoms with van der Waals surface area (Å²) in [4.78, 5) is 28.1. The van der Waals surface area contributed by atoms with Crippen molar-refractivity contribution in [1.29, 1.82) is 0 Å². The number of ketones is 1. The van der Waals surface area contributed by atoms with E-state index in [0.717, 1.165) is 53.7 Å². The summed E-state index contributed by atoms with van der Waals surface area (Å²) in [6, 6.07) is 34.2. The Kier molecular flexibility index (Phi) is 11.4. The number of nitrogens with zero attached hydrogens (tertiary/aromatic N) is 1. The Morgan fingerprint density at radius 2 is 1.48 bits per heavy atom. The molecule has 0 bridgehead atoms. The van der Waals surface area contributed by atoms with Gasteiger partial charge in [0.05, 0.1) is 38.1 Å². The number of hydrogen-bond acceptors (Lipinski definition) is 8. The molecule has 2 amide bonds. The second-order valence-corrected chi connectivity index (χ2v) is 13.9. The number of ether oxygens (including phenoxy) is 4. The predicted octanol–water partition coefficient (Wildman–Crippen LogP) is 6.28. The molecule has 4 aromatic carbocycles. The average molecular weight is 706 g/mol. The molecule has 7 rings (SSSR count). The van der Waals surface area contributed by atoms with E-state index in [-0.39, 0.29) is 30.5 Å². The number of piperidine rings is 1. The van der Waals surface area contributed by atoms with Crippen LogP contribution < -0.4 is 10.6 Å². The molecule has 5 unspecified atom stereocenters. The number of anilines is 1. The molecule has 3 aliphatic rings. The van der Waals surface area contributed by atoms with E-state index in [4.69, 9.17) is 18.9 Å². The zero-order chi connectivity index (χ0) is 35.9. The third-order valence-electron chi connectivity index (χ3n) is 10.3. The first-order valence-electron chi connectivity index (χ1n) is 18.2. The molecule has 3 saturated heterocycles. The highest BCUT2D eigenvalue weighted by molar-refractivity contribution is 5.93. The van der Waals surface area contributed by atoms with Gasteiger partial charge in [0.25, 0.3) is 0 Å². The van der Waals surface area contributed by atoms with Gasteiger partial charge >= 0.3 is 6.03 Å². The molecule has 10 heteroatoms. The molecule has 10 nitrogen and oxygen atoms in total. The van der Waals surface area contributed by atoms with Crippen LogP contribution in [0.15, 0.2) is 109 Å². The van der Waals surface area contributed by atoms with Crippen molar-refractivity contribution in [1.82, 2.24) is 10.2 Å². The van der Waals surface area contributed by atoms with Gasteiger partial charge in [-0.05, 0) is 47.7 Å². The number of benzene rings is 4. The molecular formula is C42H47N3O7. The predicted molar refractivity (Wildman–Crippen MR) is 197 cm³/mol. The maximum Gasteiger partial charge on any atom is 0.319 e. The molecule has 0 saturated carbocycles. The Morgan fingerprint density at radius 1 is 0.808 bits per heavy atom. The largest absolute Gasteiger partial charge is 0.392 e. The zero-order valence-electron chi connectivity index (χ0n) is 29.5. The summed E-state index contributed by atoms with van der Waals surface area (Å²) in [5, 5.41) is 15.5. The number of carbonyl (C=O) groups is 2. The Labute approximate surface area is 305 Å². The first kappa shape index (κ1) is 36.0. The second kappa shape index (κ2) is 16.5. The molecule has 3 aliphatic heterocycles. The maximum absolute atomic E-state index is 13.2. The summed E-state index contributed by atoms with van der Waals surface area (Å²) in [6.07, 6.45) is 0.637. The molecule has 0 aliphatic carbocycles. The summed E-state index contributed by atoms with van der Waals surface area (Å²) < 4.78 is 25.9. The Morgan fingerprint density at radius 3 is 2.15 bits per heavy atom. The third kappa shape index (κ3) is 8.61. The molecule has 272 valence electrons. The van der Waals surface area contributed by atoms with Crippen molar-refractivity contribution in [3.8, 4) is 0 Å². The fraction of sp³-hybridized carbons (Fsp3) is 0.381.